The first-order valence-electron chi connectivity index (χ1n) is 6.33. The Hall–Kier alpha value is -1.23. The van der Waals surface area contributed by atoms with E-state index >= 15 is 0 Å². The van der Waals surface area contributed by atoms with E-state index in [9.17, 15) is 0 Å². The summed E-state index contributed by atoms with van der Waals surface area (Å²) in [6.45, 7) is 0. The molecule has 0 radical (unpaired) electrons. The molecule has 1 atom stereocenters. The third-order valence-corrected chi connectivity index (χ3v) is 4.59. The quantitative estimate of drug-likeness (QED) is 0.852. The van der Waals surface area contributed by atoms with E-state index in [-0.39, 0.29) is 0 Å². The molecule has 3 heterocycles. The smallest absolute Gasteiger partial charge is 0.216 e. The largest absolute Gasteiger partial charge is 0.481 e. The van der Waals surface area contributed by atoms with Crippen LogP contribution >= 0.6 is 11.8 Å². The first kappa shape index (κ1) is 11.8. The lowest BCUT2D eigenvalue weighted by Gasteiger charge is -2.19. The van der Waals surface area contributed by atoms with Crippen molar-refractivity contribution in [2.24, 2.45) is 5.92 Å². The Morgan fingerprint density at radius 1 is 1.50 bits per heavy atom. The fourth-order valence-corrected chi connectivity index (χ4v) is 3.55. The minimum absolute atomic E-state index is 0.729. The van der Waals surface area contributed by atoms with E-state index in [0.717, 1.165) is 29.7 Å². The maximum atomic E-state index is 5.29. The summed E-state index contributed by atoms with van der Waals surface area (Å²) in [5.74, 6) is 4.96. The molecule has 0 amide bonds. The summed E-state index contributed by atoms with van der Waals surface area (Å²) in [6, 6.07) is 5.82. The van der Waals surface area contributed by atoms with Crippen LogP contribution in [0.25, 0.3) is 5.65 Å². The normalized spacial score (nSPS) is 20.2. The van der Waals surface area contributed by atoms with Crippen LogP contribution in [0, 0.1) is 5.92 Å². The maximum absolute atomic E-state index is 5.29. The number of fused-ring (bicyclic) bond motifs is 1. The molecule has 3 rings (SSSR count). The second kappa shape index (κ2) is 5.18. The molecule has 2 aromatic heterocycles. The predicted molar refractivity (Wildman–Crippen MR) is 73.3 cm³/mol. The van der Waals surface area contributed by atoms with Crippen LogP contribution in [-0.4, -0.2) is 33.2 Å². The van der Waals surface area contributed by atoms with Crippen LogP contribution in [0.3, 0.4) is 0 Å². The van der Waals surface area contributed by atoms with Gasteiger partial charge in [-0.05, 0) is 36.3 Å². The molecule has 1 fully saturated rings. The third kappa shape index (κ3) is 2.32. The van der Waals surface area contributed by atoms with Gasteiger partial charge in [0.05, 0.1) is 7.11 Å². The van der Waals surface area contributed by atoms with Gasteiger partial charge in [0.15, 0.2) is 11.5 Å². The Kier molecular flexibility index (Phi) is 3.41. The first-order valence-corrected chi connectivity index (χ1v) is 7.48. The zero-order chi connectivity index (χ0) is 12.4. The lowest BCUT2D eigenvalue weighted by atomic mass is 10.0. The average molecular weight is 263 g/mol. The molecule has 2 aromatic rings. The van der Waals surface area contributed by atoms with E-state index in [1.165, 1.54) is 24.3 Å². The van der Waals surface area contributed by atoms with Gasteiger partial charge in [-0.1, -0.05) is 6.07 Å². The molecule has 4 nitrogen and oxygen atoms in total. The molecule has 1 aliphatic rings. The fourth-order valence-electron chi connectivity index (χ4n) is 2.39. The second-order valence-electron chi connectivity index (χ2n) is 4.65. The van der Waals surface area contributed by atoms with Crippen LogP contribution < -0.4 is 4.74 Å². The van der Waals surface area contributed by atoms with Crippen LogP contribution in [0.1, 0.15) is 18.7 Å². The topological polar surface area (TPSA) is 39.4 Å². The Labute approximate surface area is 111 Å². The lowest BCUT2D eigenvalue weighted by molar-refractivity contribution is 0.385. The molecule has 0 spiro atoms. The lowest BCUT2D eigenvalue weighted by Crippen LogP contribution is -2.14. The predicted octanol–water partition coefficient (Wildman–Crippen LogP) is 2.42. The van der Waals surface area contributed by atoms with Gasteiger partial charge in [-0.2, -0.15) is 16.3 Å². The molecular weight excluding hydrogens is 246 g/mol. The van der Waals surface area contributed by atoms with Crippen molar-refractivity contribution in [1.29, 1.82) is 0 Å². The fraction of sp³-hybridized carbons (Fsp3) is 0.538. The number of pyridine rings is 1. The monoisotopic (exact) mass is 263 g/mol. The first-order chi connectivity index (χ1) is 8.86. The number of hydrogen-bond acceptors (Lipinski definition) is 4. The van der Waals surface area contributed by atoms with Gasteiger partial charge < -0.3 is 4.74 Å². The Balaban J connectivity index is 1.84. The highest BCUT2D eigenvalue weighted by atomic mass is 32.2. The van der Waals surface area contributed by atoms with E-state index in [2.05, 4.69) is 10.1 Å². The van der Waals surface area contributed by atoms with Gasteiger partial charge in [-0.15, -0.1) is 5.10 Å². The van der Waals surface area contributed by atoms with E-state index in [0.29, 0.717) is 0 Å². The van der Waals surface area contributed by atoms with Crippen molar-refractivity contribution in [3.63, 3.8) is 0 Å². The van der Waals surface area contributed by atoms with Crippen molar-refractivity contribution in [2.75, 3.05) is 18.6 Å². The molecule has 0 bridgehead atoms. The highest BCUT2D eigenvalue weighted by Gasteiger charge is 2.17. The van der Waals surface area contributed by atoms with E-state index < -0.39 is 0 Å². The number of hydrogen-bond donors (Lipinski definition) is 0. The van der Waals surface area contributed by atoms with Crippen LogP contribution in [-0.2, 0) is 6.42 Å². The van der Waals surface area contributed by atoms with Gasteiger partial charge >= 0.3 is 0 Å². The molecule has 1 aliphatic heterocycles. The SMILES string of the molecule is COc1cccc2nc(CC3CCCSC3)nn12. The van der Waals surface area contributed by atoms with Crippen LogP contribution in [0.4, 0.5) is 0 Å². The molecule has 0 N–H and O–H groups in total. The van der Waals surface area contributed by atoms with Gasteiger partial charge in [0, 0.05) is 12.5 Å². The number of thioether (sulfide) groups is 1. The number of methoxy groups -OCH3 is 1. The molecule has 18 heavy (non-hydrogen) atoms. The summed E-state index contributed by atoms with van der Waals surface area (Å²) in [7, 11) is 1.66. The van der Waals surface area contributed by atoms with Crippen LogP contribution in [0.15, 0.2) is 18.2 Å². The maximum Gasteiger partial charge on any atom is 0.216 e. The number of nitrogens with zero attached hydrogens (tertiary/aromatic N) is 3. The summed E-state index contributed by atoms with van der Waals surface area (Å²) >= 11 is 2.05. The Morgan fingerprint density at radius 3 is 3.22 bits per heavy atom. The highest BCUT2D eigenvalue weighted by Crippen LogP contribution is 2.25. The van der Waals surface area contributed by atoms with Gasteiger partial charge in [0.25, 0.3) is 0 Å². The number of rotatable bonds is 3. The molecule has 96 valence electrons. The number of aromatic nitrogens is 3. The van der Waals surface area contributed by atoms with Gasteiger partial charge in [0.1, 0.15) is 0 Å². The average Bonchev–Trinajstić information content (AvgIpc) is 2.82. The molecular formula is C13H17N3OS. The minimum Gasteiger partial charge on any atom is -0.481 e. The van der Waals surface area contributed by atoms with Gasteiger partial charge in [0.2, 0.25) is 5.88 Å². The van der Waals surface area contributed by atoms with Crippen LogP contribution in [0.2, 0.25) is 0 Å². The minimum atomic E-state index is 0.729. The highest BCUT2D eigenvalue weighted by molar-refractivity contribution is 7.99. The van der Waals surface area contributed by atoms with Crippen molar-refractivity contribution in [2.45, 2.75) is 19.3 Å². The molecule has 1 unspecified atom stereocenters. The molecule has 0 saturated carbocycles. The van der Waals surface area contributed by atoms with Crippen LogP contribution in [0.5, 0.6) is 5.88 Å². The Morgan fingerprint density at radius 2 is 2.44 bits per heavy atom. The van der Waals surface area contributed by atoms with Crippen molar-refractivity contribution < 1.29 is 4.74 Å². The summed E-state index contributed by atoms with van der Waals surface area (Å²) in [5.41, 5.74) is 0.868. The van der Waals surface area contributed by atoms with Crippen molar-refractivity contribution in [1.82, 2.24) is 14.6 Å². The van der Waals surface area contributed by atoms with Crippen molar-refractivity contribution in [3.8, 4) is 5.88 Å². The summed E-state index contributed by atoms with van der Waals surface area (Å²) in [5, 5.41) is 4.55. The second-order valence-corrected chi connectivity index (χ2v) is 5.80. The van der Waals surface area contributed by atoms with Gasteiger partial charge in [-0.25, -0.2) is 4.98 Å². The zero-order valence-electron chi connectivity index (χ0n) is 10.5. The molecule has 0 aliphatic carbocycles. The molecule has 0 aromatic carbocycles. The van der Waals surface area contributed by atoms with Gasteiger partial charge in [-0.3, -0.25) is 0 Å². The van der Waals surface area contributed by atoms with E-state index in [1.807, 2.05) is 30.0 Å². The molecule has 1 saturated heterocycles. The molecule has 5 heteroatoms. The van der Waals surface area contributed by atoms with E-state index in [1.54, 1.807) is 11.6 Å². The summed E-state index contributed by atoms with van der Waals surface area (Å²) in [6.07, 6.45) is 3.61. The Bertz CT molecular complexity index is 534. The summed E-state index contributed by atoms with van der Waals surface area (Å²) < 4.78 is 7.07. The third-order valence-electron chi connectivity index (χ3n) is 3.30. The zero-order valence-corrected chi connectivity index (χ0v) is 11.3. The van der Waals surface area contributed by atoms with E-state index in [4.69, 9.17) is 4.74 Å². The number of ether oxygens (including phenoxy) is 1. The summed E-state index contributed by atoms with van der Waals surface area (Å²) in [4.78, 5) is 4.58. The van der Waals surface area contributed by atoms with Crippen molar-refractivity contribution in [3.05, 3.63) is 24.0 Å². The standard InChI is InChI=1S/C13H17N3OS/c1-17-13-6-2-5-12-14-11(15-16(12)13)8-10-4-3-7-18-9-10/h2,5-6,10H,3-4,7-9H2,1H3. The van der Waals surface area contributed by atoms with Crippen molar-refractivity contribution >= 4 is 17.4 Å².